The van der Waals surface area contributed by atoms with Crippen LogP contribution in [0.2, 0.25) is 0 Å². The van der Waals surface area contributed by atoms with Crippen molar-refractivity contribution in [2.75, 3.05) is 13.2 Å². The summed E-state index contributed by atoms with van der Waals surface area (Å²) >= 11 is 0. The second kappa shape index (κ2) is 10.7. The van der Waals surface area contributed by atoms with E-state index in [9.17, 15) is 20.2 Å². The molecule has 3 aromatic rings. The summed E-state index contributed by atoms with van der Waals surface area (Å²) in [6.07, 6.45) is -2.45. The molecule has 0 saturated carbocycles. The van der Waals surface area contributed by atoms with E-state index in [-0.39, 0.29) is 11.5 Å². The first kappa shape index (κ1) is 26.1. The number of amides is 2. The van der Waals surface area contributed by atoms with Gasteiger partial charge in [-0.1, -0.05) is 85.7 Å². The molecule has 1 fully saturated rings. The molecule has 1 N–H and O–H groups in total. The van der Waals surface area contributed by atoms with Crippen LogP contribution >= 0.6 is 0 Å². The zero-order chi connectivity index (χ0) is 27.6. The molecule has 2 amide bonds. The van der Waals surface area contributed by atoms with Crippen molar-refractivity contribution in [3.63, 3.8) is 0 Å². The number of nitrogens with zero attached hydrogens (tertiary/aromatic N) is 4. The van der Waals surface area contributed by atoms with E-state index in [2.05, 4.69) is 10.0 Å². The molecule has 39 heavy (non-hydrogen) atoms. The van der Waals surface area contributed by atoms with Crippen molar-refractivity contribution < 1.29 is 28.9 Å². The minimum atomic E-state index is -1.64. The predicted octanol–water partition coefficient (Wildman–Crippen LogP) is 5.12. The normalized spacial score (nSPS) is 19.1. The van der Waals surface area contributed by atoms with Crippen LogP contribution in [-0.4, -0.2) is 47.3 Å². The lowest BCUT2D eigenvalue weighted by Gasteiger charge is -2.38. The number of ether oxygens (including phenoxy) is 3. The van der Waals surface area contributed by atoms with Crippen molar-refractivity contribution >= 4 is 12.0 Å². The Morgan fingerprint density at radius 1 is 1.00 bits per heavy atom. The van der Waals surface area contributed by atoms with Gasteiger partial charge in [-0.25, -0.2) is 9.69 Å². The first-order valence-corrected chi connectivity index (χ1v) is 12.7. The van der Waals surface area contributed by atoms with Gasteiger partial charge >= 0.3 is 6.09 Å². The summed E-state index contributed by atoms with van der Waals surface area (Å²) < 4.78 is 17.3. The van der Waals surface area contributed by atoms with E-state index in [1.165, 1.54) is 6.07 Å². The Morgan fingerprint density at radius 2 is 1.59 bits per heavy atom. The van der Waals surface area contributed by atoms with Crippen molar-refractivity contribution in [3.05, 3.63) is 106 Å². The monoisotopic (exact) mass is 528 g/mol. The molecule has 0 bridgehead atoms. The van der Waals surface area contributed by atoms with Gasteiger partial charge in [-0.05, 0) is 29.1 Å². The van der Waals surface area contributed by atoms with Crippen LogP contribution < -0.4 is 9.47 Å². The van der Waals surface area contributed by atoms with Gasteiger partial charge in [0.25, 0.3) is 0 Å². The average molecular weight is 529 g/mol. The zero-order valence-electron chi connectivity index (χ0n) is 21.5. The fourth-order valence-electron chi connectivity index (χ4n) is 5.41. The molecule has 0 aliphatic carbocycles. The lowest BCUT2D eigenvalue weighted by molar-refractivity contribution is -0.134. The number of aliphatic hydroxyl groups is 1. The molecule has 3 atom stereocenters. The Balaban J connectivity index is 1.58. The molecule has 3 aromatic carbocycles. The standard InChI is InChI=1S/C29H28N4O6/c1-18(2)26-29(20-9-5-3-6-10-20,21-11-7-4-8-12-21)39-28(36)33(26)27(35)24(31-32-30)25(34)19-13-14-22-23(17-19)38-16-15-37-22/h3-14,17-18,24-26,34H,15-16H2,1-2H3/t24?,25-,26+/m1/s1. The van der Waals surface area contributed by atoms with Crippen LogP contribution in [0.3, 0.4) is 0 Å². The van der Waals surface area contributed by atoms with Gasteiger partial charge < -0.3 is 19.3 Å². The van der Waals surface area contributed by atoms with Crippen LogP contribution in [0.15, 0.2) is 84.0 Å². The van der Waals surface area contributed by atoms with Gasteiger partial charge in [0.15, 0.2) is 17.1 Å². The lowest BCUT2D eigenvalue weighted by Crippen LogP contribution is -2.52. The number of carbonyl (C=O) groups excluding carboxylic acids is 2. The quantitative estimate of drug-likeness (QED) is 0.257. The van der Waals surface area contributed by atoms with Gasteiger partial charge in [-0.3, -0.25) is 4.79 Å². The van der Waals surface area contributed by atoms with Crippen molar-refractivity contribution in [1.82, 2.24) is 4.90 Å². The third kappa shape index (κ3) is 4.54. The fraction of sp³-hybridized carbons (Fsp3) is 0.310. The Hall–Kier alpha value is -4.53. The number of carbonyl (C=O) groups is 2. The number of rotatable bonds is 7. The molecule has 10 nitrogen and oxygen atoms in total. The fourth-order valence-corrected chi connectivity index (χ4v) is 5.41. The number of fused-ring (bicyclic) bond motifs is 1. The van der Waals surface area contributed by atoms with Crippen LogP contribution in [0, 0.1) is 5.92 Å². The van der Waals surface area contributed by atoms with Crippen LogP contribution in [0.4, 0.5) is 4.79 Å². The first-order chi connectivity index (χ1) is 18.9. The van der Waals surface area contributed by atoms with E-state index < -0.39 is 35.8 Å². The van der Waals surface area contributed by atoms with Crippen molar-refractivity contribution in [1.29, 1.82) is 0 Å². The summed E-state index contributed by atoms with van der Waals surface area (Å²) in [6, 6.07) is 20.7. The van der Waals surface area contributed by atoms with Crippen molar-refractivity contribution in [2.24, 2.45) is 11.0 Å². The largest absolute Gasteiger partial charge is 0.486 e. The van der Waals surface area contributed by atoms with Gasteiger partial charge in [0.1, 0.15) is 19.3 Å². The molecular formula is C29H28N4O6. The number of benzene rings is 3. The highest BCUT2D eigenvalue weighted by atomic mass is 16.6. The highest BCUT2D eigenvalue weighted by molar-refractivity contribution is 5.98. The third-order valence-electron chi connectivity index (χ3n) is 7.05. The van der Waals surface area contributed by atoms with Crippen LogP contribution in [0.25, 0.3) is 10.4 Å². The molecule has 10 heteroatoms. The SMILES string of the molecule is CC(C)[C@@H]1N(C(=O)C(N=[N+]=[N-])[C@H](O)c2ccc3c(c2)OCCO3)C(=O)OC1(c1ccccc1)c1ccccc1. The number of imide groups is 1. The maximum absolute atomic E-state index is 14.1. The molecule has 5 rings (SSSR count). The predicted molar refractivity (Wildman–Crippen MR) is 141 cm³/mol. The molecule has 2 heterocycles. The molecule has 1 saturated heterocycles. The molecule has 0 radical (unpaired) electrons. The molecule has 200 valence electrons. The Labute approximate surface area is 225 Å². The Bertz CT molecular complexity index is 1370. The van der Waals surface area contributed by atoms with E-state index in [0.29, 0.717) is 35.8 Å². The maximum Gasteiger partial charge on any atom is 0.418 e. The van der Waals surface area contributed by atoms with Crippen LogP contribution in [-0.2, 0) is 15.1 Å². The highest BCUT2D eigenvalue weighted by Crippen LogP contribution is 2.48. The van der Waals surface area contributed by atoms with Gasteiger partial charge in [-0.15, -0.1) is 0 Å². The Kier molecular flexibility index (Phi) is 7.15. The highest BCUT2D eigenvalue weighted by Gasteiger charge is 2.60. The minimum Gasteiger partial charge on any atom is -0.486 e. The van der Waals surface area contributed by atoms with Crippen molar-refractivity contribution in [2.45, 2.75) is 37.6 Å². The second-order valence-corrected chi connectivity index (χ2v) is 9.73. The average Bonchev–Trinajstić information content (AvgIpc) is 3.30. The number of azide groups is 1. The maximum atomic E-state index is 14.1. The van der Waals surface area contributed by atoms with Crippen LogP contribution in [0.1, 0.15) is 36.6 Å². The molecule has 2 aliphatic rings. The van der Waals surface area contributed by atoms with E-state index >= 15 is 0 Å². The smallest absolute Gasteiger partial charge is 0.418 e. The second-order valence-electron chi connectivity index (χ2n) is 9.73. The Morgan fingerprint density at radius 3 is 2.15 bits per heavy atom. The molecule has 0 aromatic heterocycles. The summed E-state index contributed by atoms with van der Waals surface area (Å²) in [5, 5.41) is 14.9. The van der Waals surface area contributed by atoms with Gasteiger partial charge in [-0.2, -0.15) is 0 Å². The summed E-state index contributed by atoms with van der Waals surface area (Å²) in [4.78, 5) is 31.5. The summed E-state index contributed by atoms with van der Waals surface area (Å²) in [6.45, 7) is 4.50. The van der Waals surface area contributed by atoms with Gasteiger partial charge in [0, 0.05) is 16.0 Å². The van der Waals surface area contributed by atoms with E-state index in [1.54, 1.807) is 12.1 Å². The van der Waals surface area contributed by atoms with Crippen molar-refractivity contribution in [3.8, 4) is 11.5 Å². The number of cyclic esters (lactones) is 1. The topological polar surface area (TPSA) is 134 Å². The van der Waals surface area contributed by atoms with E-state index in [0.717, 1.165) is 4.90 Å². The molecule has 2 aliphatic heterocycles. The van der Waals surface area contributed by atoms with Gasteiger partial charge in [0.05, 0.1) is 12.1 Å². The van der Waals surface area contributed by atoms with Crippen LogP contribution in [0.5, 0.6) is 11.5 Å². The molecule has 1 unspecified atom stereocenters. The third-order valence-corrected chi connectivity index (χ3v) is 7.05. The zero-order valence-corrected chi connectivity index (χ0v) is 21.5. The first-order valence-electron chi connectivity index (χ1n) is 12.7. The van der Waals surface area contributed by atoms with E-state index in [4.69, 9.17) is 14.2 Å². The summed E-state index contributed by atoms with van der Waals surface area (Å²) in [7, 11) is 0. The lowest BCUT2D eigenvalue weighted by atomic mass is 9.75. The number of hydrogen-bond donors (Lipinski definition) is 1. The number of hydrogen-bond acceptors (Lipinski definition) is 7. The molecular weight excluding hydrogens is 500 g/mol. The summed E-state index contributed by atoms with van der Waals surface area (Å²) in [5.74, 6) is -0.244. The summed E-state index contributed by atoms with van der Waals surface area (Å²) in [5.41, 5.74) is 9.65. The molecule has 0 spiro atoms. The van der Waals surface area contributed by atoms with E-state index in [1.807, 2.05) is 74.5 Å². The number of aliphatic hydroxyl groups excluding tert-OH is 1. The van der Waals surface area contributed by atoms with Gasteiger partial charge in [0.2, 0.25) is 5.91 Å². The minimum absolute atomic E-state index is 0.274.